The molecule has 2 fully saturated rings. The lowest BCUT2D eigenvalue weighted by Gasteiger charge is -2.16. The van der Waals surface area contributed by atoms with Gasteiger partial charge in [-0.15, -0.1) is 0 Å². The summed E-state index contributed by atoms with van der Waals surface area (Å²) >= 11 is 0. The van der Waals surface area contributed by atoms with E-state index in [1.54, 1.807) is 6.07 Å². The third-order valence-corrected chi connectivity index (χ3v) is 4.76. The van der Waals surface area contributed by atoms with Crippen molar-refractivity contribution in [1.82, 2.24) is 15.6 Å². The highest BCUT2D eigenvalue weighted by Crippen LogP contribution is 2.50. The Morgan fingerprint density at radius 2 is 2.00 bits per heavy atom. The zero-order valence-electron chi connectivity index (χ0n) is 13.4. The molecule has 0 saturated heterocycles. The first kappa shape index (κ1) is 17.8. The van der Waals surface area contributed by atoms with Gasteiger partial charge < -0.3 is 15.4 Å². The molecule has 0 bridgehead atoms. The van der Waals surface area contributed by atoms with E-state index in [9.17, 15) is 22.4 Å². The summed E-state index contributed by atoms with van der Waals surface area (Å²) in [5.41, 5.74) is 0.559. The standard InChI is InChI=1S/C16H19F4N3O2/c17-14(18)25-13-3-9(1-2-21-13)8-22-15(24)23-12-4-10-6-16(19,20)7-11(10)5-12/h1-3,10-12,14H,4-8H2,(H2,22,23,24)/t10-,11+,12-. The predicted molar refractivity (Wildman–Crippen MR) is 80.4 cm³/mol. The molecule has 9 heteroatoms. The van der Waals surface area contributed by atoms with Gasteiger partial charge in [-0.2, -0.15) is 8.78 Å². The van der Waals surface area contributed by atoms with Crippen LogP contribution < -0.4 is 15.4 Å². The number of urea groups is 1. The first-order valence-electron chi connectivity index (χ1n) is 8.13. The molecule has 0 aliphatic heterocycles. The Labute approximate surface area is 142 Å². The molecule has 3 atom stereocenters. The molecule has 2 saturated carbocycles. The van der Waals surface area contributed by atoms with E-state index < -0.39 is 18.6 Å². The monoisotopic (exact) mass is 361 g/mol. The first-order valence-corrected chi connectivity index (χ1v) is 8.13. The van der Waals surface area contributed by atoms with Gasteiger partial charge in [0.1, 0.15) is 0 Å². The molecule has 2 aliphatic rings. The van der Waals surface area contributed by atoms with Crippen molar-refractivity contribution in [3.05, 3.63) is 23.9 Å². The molecular weight excluding hydrogens is 342 g/mol. The van der Waals surface area contributed by atoms with Crippen LogP contribution in [0.5, 0.6) is 5.88 Å². The van der Waals surface area contributed by atoms with Crippen molar-refractivity contribution in [2.24, 2.45) is 11.8 Å². The van der Waals surface area contributed by atoms with Crippen LogP contribution in [0.3, 0.4) is 0 Å². The van der Waals surface area contributed by atoms with Gasteiger partial charge in [0.2, 0.25) is 11.8 Å². The van der Waals surface area contributed by atoms with Gasteiger partial charge in [0.25, 0.3) is 0 Å². The average Bonchev–Trinajstić information content (AvgIpc) is 2.97. The number of pyridine rings is 1. The summed E-state index contributed by atoms with van der Waals surface area (Å²) < 4.78 is 55.1. The van der Waals surface area contributed by atoms with E-state index in [0.29, 0.717) is 18.4 Å². The van der Waals surface area contributed by atoms with Crippen LogP contribution >= 0.6 is 0 Å². The summed E-state index contributed by atoms with van der Waals surface area (Å²) in [6, 6.07) is 2.36. The molecule has 25 heavy (non-hydrogen) atoms. The van der Waals surface area contributed by atoms with E-state index in [4.69, 9.17) is 0 Å². The highest BCUT2D eigenvalue weighted by Gasteiger charge is 2.50. The number of carbonyl (C=O) groups is 1. The number of aromatic nitrogens is 1. The molecule has 5 nitrogen and oxygen atoms in total. The summed E-state index contributed by atoms with van der Waals surface area (Å²) in [4.78, 5) is 15.6. The Kier molecular flexibility index (Phi) is 5.01. The maximum Gasteiger partial charge on any atom is 0.388 e. The molecular formula is C16H19F4N3O2. The summed E-state index contributed by atoms with van der Waals surface area (Å²) in [6.07, 6.45) is 2.25. The number of nitrogens with zero attached hydrogens (tertiary/aromatic N) is 1. The zero-order chi connectivity index (χ0) is 18.0. The van der Waals surface area contributed by atoms with Gasteiger partial charge in [0.15, 0.2) is 0 Å². The van der Waals surface area contributed by atoms with Crippen molar-refractivity contribution in [3.8, 4) is 5.88 Å². The van der Waals surface area contributed by atoms with Gasteiger partial charge in [-0.1, -0.05) is 0 Å². The van der Waals surface area contributed by atoms with Crippen LogP contribution in [0.25, 0.3) is 0 Å². The molecule has 0 unspecified atom stereocenters. The topological polar surface area (TPSA) is 63.2 Å². The van der Waals surface area contributed by atoms with E-state index in [-0.39, 0.29) is 43.1 Å². The van der Waals surface area contributed by atoms with Gasteiger partial charge >= 0.3 is 12.6 Å². The van der Waals surface area contributed by atoms with Gasteiger partial charge in [-0.25, -0.2) is 18.6 Å². The largest absolute Gasteiger partial charge is 0.417 e. The van der Waals surface area contributed by atoms with E-state index in [1.165, 1.54) is 12.3 Å². The second kappa shape index (κ2) is 7.05. The number of rotatable bonds is 5. The van der Waals surface area contributed by atoms with Crippen molar-refractivity contribution in [2.75, 3.05) is 0 Å². The number of nitrogens with one attached hydrogen (secondary N) is 2. The minimum absolute atomic E-state index is 0.0328. The maximum atomic E-state index is 13.3. The molecule has 2 N–H and O–H groups in total. The minimum Gasteiger partial charge on any atom is -0.417 e. The minimum atomic E-state index is -2.96. The maximum absolute atomic E-state index is 13.3. The molecule has 1 aromatic heterocycles. The van der Waals surface area contributed by atoms with Crippen molar-refractivity contribution in [1.29, 1.82) is 0 Å². The lowest BCUT2D eigenvalue weighted by atomic mass is 10.0. The lowest BCUT2D eigenvalue weighted by Crippen LogP contribution is -2.41. The van der Waals surface area contributed by atoms with Crippen LogP contribution in [0.4, 0.5) is 22.4 Å². The molecule has 3 rings (SSSR count). The molecule has 0 aromatic carbocycles. The van der Waals surface area contributed by atoms with E-state index >= 15 is 0 Å². The quantitative estimate of drug-likeness (QED) is 0.791. The zero-order valence-corrected chi connectivity index (χ0v) is 13.4. The van der Waals surface area contributed by atoms with Crippen molar-refractivity contribution in [2.45, 2.75) is 50.8 Å². The van der Waals surface area contributed by atoms with Gasteiger partial charge in [0.05, 0.1) is 0 Å². The summed E-state index contributed by atoms with van der Waals surface area (Å²) in [7, 11) is 0. The third-order valence-electron chi connectivity index (χ3n) is 4.76. The number of carbonyl (C=O) groups excluding carboxylic acids is 1. The van der Waals surface area contributed by atoms with Crippen molar-refractivity contribution < 1.29 is 27.1 Å². The molecule has 0 radical (unpaired) electrons. The number of amides is 2. The number of alkyl halides is 4. The van der Waals surface area contributed by atoms with Crippen LogP contribution in [0.2, 0.25) is 0 Å². The number of hydrogen-bond acceptors (Lipinski definition) is 3. The summed E-state index contributed by atoms with van der Waals surface area (Å²) in [6.45, 7) is -2.85. The second-order valence-electron chi connectivity index (χ2n) is 6.66. The first-order chi connectivity index (χ1) is 11.8. The number of hydrogen-bond donors (Lipinski definition) is 2. The lowest BCUT2D eigenvalue weighted by molar-refractivity contribution is -0.0529. The Morgan fingerprint density at radius 3 is 2.64 bits per heavy atom. The fourth-order valence-electron chi connectivity index (χ4n) is 3.82. The highest BCUT2D eigenvalue weighted by atomic mass is 19.3. The number of ether oxygens (including phenoxy) is 1. The summed E-state index contributed by atoms with van der Waals surface area (Å²) in [5, 5.41) is 5.41. The van der Waals surface area contributed by atoms with Crippen LogP contribution in [0.1, 0.15) is 31.2 Å². The van der Waals surface area contributed by atoms with Crippen LogP contribution in [0, 0.1) is 11.8 Å². The van der Waals surface area contributed by atoms with E-state index in [2.05, 4.69) is 20.4 Å². The molecule has 2 aliphatic carbocycles. The average molecular weight is 361 g/mol. The fourth-order valence-corrected chi connectivity index (χ4v) is 3.82. The second-order valence-corrected chi connectivity index (χ2v) is 6.66. The SMILES string of the molecule is O=C(NCc1ccnc(OC(F)F)c1)N[C@@H]1C[C@@H]2CC(F)(F)C[C@@H]2C1. The number of halogens is 4. The van der Waals surface area contributed by atoms with E-state index in [0.717, 1.165) is 0 Å². The molecule has 1 aromatic rings. The van der Waals surface area contributed by atoms with Crippen LogP contribution in [0.15, 0.2) is 18.3 Å². The van der Waals surface area contributed by atoms with Crippen LogP contribution in [-0.2, 0) is 6.54 Å². The predicted octanol–water partition coefficient (Wildman–Crippen LogP) is 3.31. The van der Waals surface area contributed by atoms with E-state index in [1.807, 2.05) is 0 Å². The fraction of sp³-hybridized carbons (Fsp3) is 0.625. The molecule has 2 amide bonds. The Balaban J connectivity index is 1.43. The van der Waals surface area contributed by atoms with Crippen molar-refractivity contribution in [3.63, 3.8) is 0 Å². The van der Waals surface area contributed by atoms with Gasteiger partial charge in [0, 0.05) is 37.7 Å². The third kappa shape index (κ3) is 4.73. The highest BCUT2D eigenvalue weighted by molar-refractivity contribution is 5.74. The molecule has 138 valence electrons. The number of fused-ring (bicyclic) bond motifs is 1. The van der Waals surface area contributed by atoms with Gasteiger partial charge in [-0.05, 0) is 36.3 Å². The van der Waals surface area contributed by atoms with Crippen molar-refractivity contribution >= 4 is 6.03 Å². The van der Waals surface area contributed by atoms with Crippen LogP contribution in [-0.4, -0.2) is 29.6 Å². The molecule has 0 spiro atoms. The smallest absolute Gasteiger partial charge is 0.388 e. The Bertz CT molecular complexity index is 613. The Hall–Kier alpha value is -2.06. The van der Waals surface area contributed by atoms with Gasteiger partial charge in [-0.3, -0.25) is 0 Å². The normalized spacial score (nSPS) is 27.2. The molecule has 1 heterocycles. The summed E-state index contributed by atoms with van der Waals surface area (Å²) in [5.74, 6) is -2.86. The Morgan fingerprint density at radius 1 is 1.32 bits per heavy atom.